The Morgan fingerprint density at radius 3 is 2.76 bits per heavy atom. The second-order valence-electron chi connectivity index (χ2n) is 4.50. The predicted molar refractivity (Wildman–Crippen MR) is 62.1 cm³/mol. The zero-order valence-electron chi connectivity index (χ0n) is 10.1. The van der Waals surface area contributed by atoms with Crippen molar-refractivity contribution in [1.82, 2.24) is 20.1 Å². The first-order chi connectivity index (χ1) is 8.03. The van der Waals surface area contributed by atoms with Crippen molar-refractivity contribution in [2.24, 2.45) is 5.73 Å². The van der Waals surface area contributed by atoms with Gasteiger partial charge in [-0.1, -0.05) is 5.16 Å². The molecule has 90 valence electrons. The van der Waals surface area contributed by atoms with E-state index in [1.165, 1.54) is 0 Å². The molecule has 0 aliphatic carbocycles. The number of nitrogens with two attached hydrogens (primary N) is 1. The maximum atomic E-state index is 5.66. The van der Waals surface area contributed by atoms with E-state index in [-0.39, 0.29) is 5.41 Å². The quantitative estimate of drug-likeness (QED) is 0.852. The van der Waals surface area contributed by atoms with E-state index in [4.69, 9.17) is 10.3 Å². The van der Waals surface area contributed by atoms with Gasteiger partial charge in [0.2, 0.25) is 11.7 Å². The predicted octanol–water partition coefficient (Wildman–Crippen LogP) is 1.07. The van der Waals surface area contributed by atoms with Crippen LogP contribution in [-0.2, 0) is 5.41 Å². The average Bonchev–Trinajstić information content (AvgIpc) is 2.79. The number of rotatable bonds is 3. The summed E-state index contributed by atoms with van der Waals surface area (Å²) in [5, 5.41) is 3.91. The molecule has 0 saturated carbocycles. The normalized spacial score (nSPS) is 11.8. The van der Waals surface area contributed by atoms with Crippen molar-refractivity contribution in [2.45, 2.75) is 26.2 Å². The Morgan fingerprint density at radius 1 is 1.35 bits per heavy atom. The number of aromatic nitrogens is 4. The van der Waals surface area contributed by atoms with Gasteiger partial charge in [0.15, 0.2) is 0 Å². The second kappa shape index (κ2) is 4.21. The Hall–Kier alpha value is -1.82. The molecule has 0 radical (unpaired) electrons. The van der Waals surface area contributed by atoms with E-state index < -0.39 is 0 Å². The van der Waals surface area contributed by atoms with Gasteiger partial charge in [0.1, 0.15) is 11.5 Å². The highest BCUT2D eigenvalue weighted by atomic mass is 16.5. The first kappa shape index (κ1) is 11.7. The fourth-order valence-electron chi connectivity index (χ4n) is 1.27. The maximum Gasteiger partial charge on any atom is 0.233 e. The lowest BCUT2D eigenvalue weighted by atomic mass is 9.94. The molecule has 2 aromatic heterocycles. The molecule has 0 unspecified atom stereocenters. The molecule has 0 spiro atoms. The van der Waals surface area contributed by atoms with E-state index in [1.807, 2.05) is 20.8 Å². The van der Waals surface area contributed by atoms with Crippen molar-refractivity contribution in [3.8, 4) is 11.5 Å². The number of hydrogen-bond donors (Lipinski definition) is 1. The van der Waals surface area contributed by atoms with E-state index in [9.17, 15) is 0 Å². The third-order valence-electron chi connectivity index (χ3n) is 2.52. The Morgan fingerprint density at radius 2 is 2.12 bits per heavy atom. The van der Waals surface area contributed by atoms with Crippen LogP contribution in [0.5, 0.6) is 0 Å². The topological polar surface area (TPSA) is 90.7 Å². The van der Waals surface area contributed by atoms with Crippen LogP contribution in [0.1, 0.15) is 25.6 Å². The Bertz CT molecular complexity index is 520. The minimum absolute atomic E-state index is 0.326. The molecule has 0 fully saturated rings. The number of nitrogens with zero attached hydrogens (tertiary/aromatic N) is 4. The van der Waals surface area contributed by atoms with Crippen LogP contribution >= 0.6 is 0 Å². The van der Waals surface area contributed by atoms with Crippen molar-refractivity contribution in [3.05, 3.63) is 24.0 Å². The summed E-state index contributed by atoms with van der Waals surface area (Å²) in [4.78, 5) is 12.6. The average molecular weight is 233 g/mol. The zero-order valence-corrected chi connectivity index (χ0v) is 10.1. The zero-order chi connectivity index (χ0) is 12.5. The summed E-state index contributed by atoms with van der Waals surface area (Å²) in [5.41, 5.74) is 5.98. The molecule has 17 heavy (non-hydrogen) atoms. The number of hydrogen-bond acceptors (Lipinski definition) is 6. The van der Waals surface area contributed by atoms with E-state index in [2.05, 4.69) is 20.1 Å². The first-order valence-electron chi connectivity index (χ1n) is 5.37. The van der Waals surface area contributed by atoms with Gasteiger partial charge in [-0.3, -0.25) is 0 Å². The van der Waals surface area contributed by atoms with Gasteiger partial charge in [0.05, 0.1) is 5.41 Å². The summed E-state index contributed by atoms with van der Waals surface area (Å²) in [7, 11) is 0. The summed E-state index contributed by atoms with van der Waals surface area (Å²) in [5.74, 6) is 1.66. The standard InChI is InChI=1S/C11H15N5O/c1-7-13-5-4-8(14-7)9-15-10(17-16-9)11(2,3)6-12/h4-5H,6,12H2,1-3H3. The summed E-state index contributed by atoms with van der Waals surface area (Å²) < 4.78 is 5.21. The molecule has 0 aromatic carbocycles. The largest absolute Gasteiger partial charge is 0.338 e. The van der Waals surface area contributed by atoms with Gasteiger partial charge in [-0.15, -0.1) is 0 Å². The van der Waals surface area contributed by atoms with E-state index in [0.29, 0.717) is 29.8 Å². The van der Waals surface area contributed by atoms with Crippen LogP contribution in [-0.4, -0.2) is 26.7 Å². The lowest BCUT2D eigenvalue weighted by Gasteiger charge is -2.15. The lowest BCUT2D eigenvalue weighted by Crippen LogP contribution is -2.28. The summed E-state index contributed by atoms with van der Waals surface area (Å²) in [6.45, 7) is 6.16. The Balaban J connectivity index is 2.36. The molecular formula is C11H15N5O. The second-order valence-corrected chi connectivity index (χ2v) is 4.50. The molecule has 0 bridgehead atoms. The van der Waals surface area contributed by atoms with Crippen molar-refractivity contribution in [1.29, 1.82) is 0 Å². The van der Waals surface area contributed by atoms with Crippen molar-refractivity contribution < 1.29 is 4.52 Å². The van der Waals surface area contributed by atoms with Gasteiger partial charge < -0.3 is 10.3 Å². The highest BCUT2D eigenvalue weighted by Gasteiger charge is 2.26. The maximum absolute atomic E-state index is 5.66. The van der Waals surface area contributed by atoms with Crippen LogP contribution in [0.2, 0.25) is 0 Å². The highest BCUT2D eigenvalue weighted by molar-refractivity contribution is 5.47. The molecule has 0 amide bonds. The van der Waals surface area contributed by atoms with Crippen molar-refractivity contribution >= 4 is 0 Å². The lowest BCUT2D eigenvalue weighted by molar-refractivity contribution is 0.311. The highest BCUT2D eigenvalue weighted by Crippen LogP contribution is 2.22. The molecule has 6 heteroatoms. The van der Waals surface area contributed by atoms with Crippen LogP contribution in [0.4, 0.5) is 0 Å². The molecule has 2 N–H and O–H groups in total. The summed E-state index contributed by atoms with van der Waals surface area (Å²) in [6, 6.07) is 1.75. The van der Waals surface area contributed by atoms with Crippen LogP contribution in [0.15, 0.2) is 16.8 Å². The van der Waals surface area contributed by atoms with Crippen LogP contribution < -0.4 is 5.73 Å². The van der Waals surface area contributed by atoms with E-state index in [0.717, 1.165) is 0 Å². The molecule has 6 nitrogen and oxygen atoms in total. The van der Waals surface area contributed by atoms with E-state index >= 15 is 0 Å². The van der Waals surface area contributed by atoms with Crippen LogP contribution in [0.3, 0.4) is 0 Å². The SMILES string of the molecule is Cc1nccc(-c2noc(C(C)(C)CN)n2)n1. The molecule has 0 saturated heterocycles. The fraction of sp³-hybridized carbons (Fsp3) is 0.455. The van der Waals surface area contributed by atoms with Crippen molar-refractivity contribution in [2.75, 3.05) is 6.54 Å². The Kier molecular flexibility index (Phi) is 2.89. The Labute approximate surface area is 99.3 Å². The van der Waals surface area contributed by atoms with Gasteiger partial charge >= 0.3 is 0 Å². The summed E-state index contributed by atoms with van der Waals surface area (Å²) >= 11 is 0. The molecule has 0 aliphatic heterocycles. The molecular weight excluding hydrogens is 218 g/mol. The van der Waals surface area contributed by atoms with Crippen molar-refractivity contribution in [3.63, 3.8) is 0 Å². The van der Waals surface area contributed by atoms with Gasteiger partial charge in [-0.2, -0.15) is 4.98 Å². The van der Waals surface area contributed by atoms with Gasteiger partial charge in [0, 0.05) is 12.7 Å². The smallest absolute Gasteiger partial charge is 0.233 e. The van der Waals surface area contributed by atoms with E-state index in [1.54, 1.807) is 12.3 Å². The fourth-order valence-corrected chi connectivity index (χ4v) is 1.27. The van der Waals surface area contributed by atoms with Crippen LogP contribution in [0, 0.1) is 6.92 Å². The van der Waals surface area contributed by atoms with Crippen LogP contribution in [0.25, 0.3) is 11.5 Å². The molecule has 2 aromatic rings. The van der Waals surface area contributed by atoms with Gasteiger partial charge in [-0.25, -0.2) is 9.97 Å². The monoisotopic (exact) mass is 233 g/mol. The molecule has 2 heterocycles. The van der Waals surface area contributed by atoms with Gasteiger partial charge in [0.25, 0.3) is 0 Å². The first-order valence-corrected chi connectivity index (χ1v) is 5.37. The number of aryl methyl sites for hydroxylation is 1. The minimum Gasteiger partial charge on any atom is -0.338 e. The third-order valence-corrected chi connectivity index (χ3v) is 2.52. The molecule has 0 atom stereocenters. The third kappa shape index (κ3) is 2.31. The molecule has 0 aliphatic rings. The molecule has 2 rings (SSSR count). The van der Waals surface area contributed by atoms with Gasteiger partial charge in [-0.05, 0) is 26.8 Å². The minimum atomic E-state index is -0.326. The summed E-state index contributed by atoms with van der Waals surface area (Å²) in [6.07, 6.45) is 1.67.